The normalized spacial score (nSPS) is 20.5. The van der Waals surface area contributed by atoms with Crippen LogP contribution in [0.5, 0.6) is 23.0 Å². The maximum absolute atomic E-state index is 10.3. The fourth-order valence-electron chi connectivity index (χ4n) is 4.38. The van der Waals surface area contributed by atoms with Gasteiger partial charge in [0.05, 0.1) is 21.3 Å². The average molecular weight is 341 g/mol. The molecule has 1 atom stereocenters. The Kier molecular flexibility index (Phi) is 3.58. The highest BCUT2D eigenvalue weighted by atomic mass is 16.5. The van der Waals surface area contributed by atoms with E-state index in [0.29, 0.717) is 5.75 Å². The van der Waals surface area contributed by atoms with Crippen molar-refractivity contribution in [3.63, 3.8) is 0 Å². The second kappa shape index (κ2) is 5.56. The van der Waals surface area contributed by atoms with Crippen LogP contribution >= 0.6 is 0 Å². The van der Waals surface area contributed by atoms with Crippen LogP contribution in [0.2, 0.25) is 0 Å². The number of ether oxygens (including phenoxy) is 3. The molecule has 1 heterocycles. The Labute approximate surface area is 147 Å². The molecule has 1 aliphatic carbocycles. The van der Waals surface area contributed by atoms with Gasteiger partial charge in [0.25, 0.3) is 0 Å². The molecule has 2 aromatic rings. The molecule has 1 aliphatic heterocycles. The molecule has 5 heteroatoms. The molecule has 0 fully saturated rings. The van der Waals surface area contributed by atoms with Crippen LogP contribution in [0.3, 0.4) is 0 Å². The average Bonchev–Trinajstić information content (AvgIpc) is 2.60. The molecule has 0 spiro atoms. The zero-order valence-corrected chi connectivity index (χ0v) is 15.0. The van der Waals surface area contributed by atoms with Gasteiger partial charge in [-0.05, 0) is 60.2 Å². The predicted molar refractivity (Wildman–Crippen MR) is 96.0 cm³/mol. The van der Waals surface area contributed by atoms with Crippen molar-refractivity contribution in [2.24, 2.45) is 0 Å². The Morgan fingerprint density at radius 3 is 2.44 bits per heavy atom. The van der Waals surface area contributed by atoms with E-state index in [4.69, 9.17) is 14.2 Å². The number of fused-ring (bicyclic) bond motifs is 2. The molecule has 0 amide bonds. The molecule has 2 N–H and O–H groups in total. The molecule has 0 unspecified atom stereocenters. The molecule has 2 aromatic carbocycles. The lowest BCUT2D eigenvalue weighted by Gasteiger charge is -2.43. The molecule has 25 heavy (non-hydrogen) atoms. The van der Waals surface area contributed by atoms with Crippen molar-refractivity contribution in [3.05, 3.63) is 34.9 Å². The van der Waals surface area contributed by atoms with Crippen LogP contribution in [-0.2, 0) is 18.4 Å². The molecule has 5 nitrogen and oxygen atoms in total. The van der Waals surface area contributed by atoms with Crippen molar-refractivity contribution in [1.29, 1.82) is 0 Å². The van der Waals surface area contributed by atoms with Crippen molar-refractivity contribution in [1.82, 2.24) is 5.32 Å². The van der Waals surface area contributed by atoms with E-state index < -0.39 is 0 Å². The molecule has 2 aliphatic rings. The number of hydrogen-bond acceptors (Lipinski definition) is 5. The van der Waals surface area contributed by atoms with Crippen LogP contribution in [0.4, 0.5) is 0 Å². The minimum absolute atomic E-state index is 0.159. The van der Waals surface area contributed by atoms with Gasteiger partial charge in [0.2, 0.25) is 0 Å². The summed E-state index contributed by atoms with van der Waals surface area (Å²) in [4.78, 5) is 0. The number of methoxy groups -OCH3 is 3. The zero-order valence-electron chi connectivity index (χ0n) is 15.0. The lowest BCUT2D eigenvalue weighted by atomic mass is 9.70. The summed E-state index contributed by atoms with van der Waals surface area (Å²) in [6.45, 7) is 3.13. The summed E-state index contributed by atoms with van der Waals surface area (Å²) in [6, 6.07) is 5.80. The summed E-state index contributed by atoms with van der Waals surface area (Å²) in [5, 5.41) is 13.9. The van der Waals surface area contributed by atoms with Crippen molar-refractivity contribution >= 4 is 0 Å². The third kappa shape index (κ3) is 2.19. The van der Waals surface area contributed by atoms with E-state index in [1.807, 2.05) is 6.07 Å². The largest absolute Gasteiger partial charge is 0.504 e. The minimum Gasteiger partial charge on any atom is -0.504 e. The molecule has 0 bridgehead atoms. The maximum atomic E-state index is 10.3. The lowest BCUT2D eigenvalue weighted by molar-refractivity contribution is 0.325. The Morgan fingerprint density at radius 1 is 1.00 bits per heavy atom. The van der Waals surface area contributed by atoms with Crippen LogP contribution in [0.1, 0.15) is 23.6 Å². The number of benzene rings is 2. The first-order valence-corrected chi connectivity index (χ1v) is 8.46. The molecule has 0 saturated carbocycles. The van der Waals surface area contributed by atoms with Crippen molar-refractivity contribution < 1.29 is 19.3 Å². The van der Waals surface area contributed by atoms with Gasteiger partial charge in [-0.2, -0.15) is 0 Å². The molecular weight excluding hydrogens is 318 g/mol. The molecule has 0 aromatic heterocycles. The second-order valence-electron chi connectivity index (χ2n) is 6.89. The Hall–Kier alpha value is -2.40. The summed E-state index contributed by atoms with van der Waals surface area (Å²) < 4.78 is 16.7. The van der Waals surface area contributed by atoms with Crippen LogP contribution in [0.15, 0.2) is 18.2 Å². The van der Waals surface area contributed by atoms with Gasteiger partial charge in [0.15, 0.2) is 23.0 Å². The van der Waals surface area contributed by atoms with E-state index in [-0.39, 0.29) is 11.3 Å². The van der Waals surface area contributed by atoms with Crippen molar-refractivity contribution in [2.75, 3.05) is 27.9 Å². The van der Waals surface area contributed by atoms with Crippen molar-refractivity contribution in [3.8, 4) is 34.1 Å². The first-order valence-electron chi connectivity index (χ1n) is 8.46. The van der Waals surface area contributed by atoms with Crippen LogP contribution in [-0.4, -0.2) is 33.0 Å². The fourth-order valence-corrected chi connectivity index (χ4v) is 4.38. The smallest absolute Gasteiger partial charge is 0.168 e. The third-order valence-electron chi connectivity index (χ3n) is 5.43. The van der Waals surface area contributed by atoms with Gasteiger partial charge in [0.1, 0.15) is 0 Å². The van der Waals surface area contributed by atoms with Crippen molar-refractivity contribution in [2.45, 2.75) is 25.3 Å². The third-order valence-corrected chi connectivity index (χ3v) is 5.43. The quantitative estimate of drug-likeness (QED) is 0.899. The first-order chi connectivity index (χ1) is 12.0. The minimum atomic E-state index is -0.198. The van der Waals surface area contributed by atoms with E-state index in [9.17, 15) is 5.11 Å². The van der Waals surface area contributed by atoms with E-state index in [1.54, 1.807) is 27.4 Å². The van der Waals surface area contributed by atoms with E-state index in [2.05, 4.69) is 18.3 Å². The molecule has 4 rings (SSSR count). The molecule has 0 saturated heterocycles. The number of aromatic hydroxyl groups is 1. The molecule has 132 valence electrons. The Morgan fingerprint density at radius 2 is 1.76 bits per heavy atom. The number of hydrogen-bond donors (Lipinski definition) is 2. The van der Waals surface area contributed by atoms with Crippen LogP contribution in [0, 0.1) is 0 Å². The van der Waals surface area contributed by atoms with Gasteiger partial charge in [-0.3, -0.25) is 0 Å². The van der Waals surface area contributed by atoms with Gasteiger partial charge in [-0.1, -0.05) is 0 Å². The number of phenolic OH excluding ortho intramolecular Hbond substituents is 1. The topological polar surface area (TPSA) is 60.0 Å². The highest BCUT2D eigenvalue weighted by Crippen LogP contribution is 2.54. The van der Waals surface area contributed by atoms with Gasteiger partial charge in [0, 0.05) is 17.6 Å². The maximum Gasteiger partial charge on any atom is 0.168 e. The fraction of sp³-hybridized carbons (Fsp3) is 0.400. The predicted octanol–water partition coefficient (Wildman–Crippen LogP) is 3.00. The second-order valence-corrected chi connectivity index (χ2v) is 6.89. The van der Waals surface area contributed by atoms with Gasteiger partial charge in [-0.25, -0.2) is 0 Å². The number of rotatable bonds is 3. The monoisotopic (exact) mass is 341 g/mol. The number of phenols is 1. The molecule has 0 radical (unpaired) electrons. The van der Waals surface area contributed by atoms with Gasteiger partial charge in [-0.15, -0.1) is 0 Å². The summed E-state index contributed by atoms with van der Waals surface area (Å²) in [7, 11) is 4.90. The van der Waals surface area contributed by atoms with Crippen LogP contribution < -0.4 is 19.5 Å². The Bertz CT molecular complexity index is 862. The number of nitrogens with one attached hydrogen (secondary N) is 1. The van der Waals surface area contributed by atoms with Crippen LogP contribution in [0.25, 0.3) is 11.1 Å². The standard InChI is InChI=1S/C20H23NO4/c1-20-10-12-7-14(22)15(23-2)9-13(12)17-18(20)11(5-6-21-20)8-16(24-3)19(17)25-4/h7-9,21-22H,5-6,10H2,1-4H3/t20-/m0/s1. The highest BCUT2D eigenvalue weighted by Gasteiger charge is 2.41. The Balaban J connectivity index is 2.12. The van der Waals surface area contributed by atoms with Gasteiger partial charge < -0.3 is 24.6 Å². The highest BCUT2D eigenvalue weighted by molar-refractivity contribution is 5.85. The SMILES string of the molecule is COc1cc2c(cc1O)C[C@]1(C)NCCc3cc(OC)c(OC)c-2c31. The molecular formula is C20H23NO4. The van der Waals surface area contributed by atoms with E-state index in [0.717, 1.165) is 47.6 Å². The zero-order chi connectivity index (χ0) is 17.8. The summed E-state index contributed by atoms with van der Waals surface area (Å²) in [5.41, 5.74) is 5.48. The first kappa shape index (κ1) is 16.1. The summed E-state index contributed by atoms with van der Waals surface area (Å²) in [5.74, 6) is 2.08. The van der Waals surface area contributed by atoms with E-state index >= 15 is 0 Å². The lowest BCUT2D eigenvalue weighted by Crippen LogP contribution is -2.48. The van der Waals surface area contributed by atoms with Gasteiger partial charge >= 0.3 is 0 Å². The van der Waals surface area contributed by atoms with E-state index in [1.165, 1.54) is 11.1 Å². The summed E-state index contributed by atoms with van der Waals surface area (Å²) in [6.07, 6.45) is 1.75. The summed E-state index contributed by atoms with van der Waals surface area (Å²) >= 11 is 0.